The van der Waals surface area contributed by atoms with Crippen molar-refractivity contribution in [1.82, 2.24) is 14.7 Å². The molecular weight excluding hydrogens is 334 g/mol. The number of nitrogens with zero attached hydrogens (tertiary/aromatic N) is 1. The highest BCUT2D eigenvalue weighted by Crippen LogP contribution is 2.24. The van der Waals surface area contributed by atoms with E-state index in [-0.39, 0.29) is 10.9 Å². The summed E-state index contributed by atoms with van der Waals surface area (Å²) >= 11 is 0. The summed E-state index contributed by atoms with van der Waals surface area (Å²) in [6, 6.07) is 14.9. The highest BCUT2D eigenvalue weighted by atomic mass is 32.2. The largest absolute Gasteiger partial charge is 0.338 e. The van der Waals surface area contributed by atoms with Gasteiger partial charge >= 0.3 is 0 Å². The Morgan fingerprint density at radius 2 is 1.76 bits per heavy atom. The average Bonchev–Trinajstić information content (AvgIpc) is 3.06. The van der Waals surface area contributed by atoms with Gasteiger partial charge in [-0.1, -0.05) is 49.6 Å². The van der Waals surface area contributed by atoms with Gasteiger partial charge in [-0.3, -0.25) is 0 Å². The van der Waals surface area contributed by atoms with Crippen molar-refractivity contribution in [3.05, 3.63) is 48.5 Å². The summed E-state index contributed by atoms with van der Waals surface area (Å²) in [6.07, 6.45) is 5.22. The number of aromatic nitrogens is 2. The Hall–Kier alpha value is -2.18. The van der Waals surface area contributed by atoms with Crippen molar-refractivity contribution in [2.24, 2.45) is 0 Å². The molecule has 0 spiro atoms. The number of nitrogens with one attached hydrogen (secondary N) is 2. The molecule has 1 fully saturated rings. The minimum atomic E-state index is -3.50. The van der Waals surface area contributed by atoms with Crippen LogP contribution >= 0.6 is 0 Å². The van der Waals surface area contributed by atoms with Crippen molar-refractivity contribution in [2.45, 2.75) is 43.0 Å². The third kappa shape index (κ3) is 3.45. The van der Waals surface area contributed by atoms with E-state index in [0.29, 0.717) is 0 Å². The van der Waals surface area contributed by atoms with Gasteiger partial charge in [0.2, 0.25) is 10.0 Å². The fourth-order valence-electron chi connectivity index (χ4n) is 3.40. The molecule has 1 aromatic heterocycles. The molecule has 0 amide bonds. The molecule has 4 rings (SSSR count). The standard InChI is InChI=1S/C19H21N3O2S/c23-25(24,22-15-9-5-2-6-10-15)16-11-12-17-18(13-16)21-19(20-17)14-7-3-1-4-8-14/h1,3-4,7-8,11-13,15,22H,2,5-6,9-10H2,(H,20,21). The number of benzene rings is 2. The number of fused-ring (bicyclic) bond motifs is 1. The van der Waals surface area contributed by atoms with Gasteiger partial charge in [-0.05, 0) is 31.0 Å². The zero-order valence-corrected chi connectivity index (χ0v) is 14.7. The number of sulfonamides is 1. The summed E-state index contributed by atoms with van der Waals surface area (Å²) in [7, 11) is -3.50. The minimum Gasteiger partial charge on any atom is -0.338 e. The van der Waals surface area contributed by atoms with Crippen molar-refractivity contribution in [3.8, 4) is 11.4 Å². The second-order valence-corrected chi connectivity index (χ2v) is 8.30. The van der Waals surface area contributed by atoms with Gasteiger partial charge in [0.15, 0.2) is 0 Å². The summed E-state index contributed by atoms with van der Waals surface area (Å²) in [5, 5.41) is 0. The van der Waals surface area contributed by atoms with Crippen LogP contribution in [0.25, 0.3) is 22.4 Å². The molecule has 1 heterocycles. The van der Waals surface area contributed by atoms with E-state index < -0.39 is 10.0 Å². The van der Waals surface area contributed by atoms with Gasteiger partial charge in [0.1, 0.15) is 5.82 Å². The number of rotatable bonds is 4. The van der Waals surface area contributed by atoms with E-state index in [4.69, 9.17) is 0 Å². The van der Waals surface area contributed by atoms with Crippen molar-refractivity contribution < 1.29 is 8.42 Å². The molecule has 25 heavy (non-hydrogen) atoms. The van der Waals surface area contributed by atoms with Crippen LogP contribution in [0.4, 0.5) is 0 Å². The Balaban J connectivity index is 1.64. The molecule has 1 saturated carbocycles. The molecule has 2 aromatic carbocycles. The summed E-state index contributed by atoms with van der Waals surface area (Å²) < 4.78 is 28.2. The maximum atomic E-state index is 12.7. The van der Waals surface area contributed by atoms with Crippen LogP contribution in [0.2, 0.25) is 0 Å². The molecule has 0 bridgehead atoms. The highest BCUT2D eigenvalue weighted by Gasteiger charge is 2.22. The topological polar surface area (TPSA) is 74.8 Å². The average molecular weight is 355 g/mol. The summed E-state index contributed by atoms with van der Waals surface area (Å²) in [6.45, 7) is 0. The van der Waals surface area contributed by atoms with Crippen LogP contribution in [0.5, 0.6) is 0 Å². The Morgan fingerprint density at radius 1 is 1.00 bits per heavy atom. The molecule has 0 atom stereocenters. The van der Waals surface area contributed by atoms with Crippen molar-refractivity contribution in [3.63, 3.8) is 0 Å². The van der Waals surface area contributed by atoms with E-state index in [1.807, 2.05) is 30.3 Å². The summed E-state index contributed by atoms with van der Waals surface area (Å²) in [5.41, 5.74) is 2.46. The lowest BCUT2D eigenvalue weighted by Crippen LogP contribution is -2.36. The van der Waals surface area contributed by atoms with Crippen LogP contribution in [0.3, 0.4) is 0 Å². The van der Waals surface area contributed by atoms with Gasteiger partial charge in [-0.15, -0.1) is 0 Å². The van der Waals surface area contributed by atoms with E-state index >= 15 is 0 Å². The third-order valence-electron chi connectivity index (χ3n) is 4.74. The zero-order chi connectivity index (χ0) is 17.3. The number of imidazole rings is 1. The second-order valence-electron chi connectivity index (χ2n) is 6.59. The number of hydrogen-bond acceptors (Lipinski definition) is 3. The van der Waals surface area contributed by atoms with Crippen LogP contribution in [0.15, 0.2) is 53.4 Å². The Kier molecular flexibility index (Phi) is 4.31. The lowest BCUT2D eigenvalue weighted by Gasteiger charge is -2.22. The molecular formula is C19H21N3O2S. The predicted octanol–water partition coefficient (Wildman–Crippen LogP) is 3.84. The van der Waals surface area contributed by atoms with Crippen LogP contribution in [-0.2, 0) is 10.0 Å². The third-order valence-corrected chi connectivity index (χ3v) is 6.26. The van der Waals surface area contributed by atoms with Gasteiger partial charge in [-0.2, -0.15) is 0 Å². The van der Waals surface area contributed by atoms with Crippen molar-refractivity contribution in [1.29, 1.82) is 0 Å². The van der Waals surface area contributed by atoms with Gasteiger partial charge < -0.3 is 4.98 Å². The first-order chi connectivity index (χ1) is 12.1. The Labute approximate surface area is 147 Å². The Bertz CT molecular complexity index is 974. The van der Waals surface area contributed by atoms with Crippen LogP contribution in [0.1, 0.15) is 32.1 Å². The van der Waals surface area contributed by atoms with Gasteiger partial charge in [0.25, 0.3) is 0 Å². The van der Waals surface area contributed by atoms with Crippen LogP contribution in [-0.4, -0.2) is 24.4 Å². The molecule has 6 heteroatoms. The molecule has 5 nitrogen and oxygen atoms in total. The summed E-state index contributed by atoms with van der Waals surface area (Å²) in [4.78, 5) is 8.06. The molecule has 0 saturated heterocycles. The van der Waals surface area contributed by atoms with Crippen molar-refractivity contribution in [2.75, 3.05) is 0 Å². The second kappa shape index (κ2) is 6.61. The number of aromatic amines is 1. The monoisotopic (exact) mass is 355 g/mol. The molecule has 1 aliphatic rings. The maximum absolute atomic E-state index is 12.7. The lowest BCUT2D eigenvalue weighted by atomic mass is 9.96. The minimum absolute atomic E-state index is 0.0519. The highest BCUT2D eigenvalue weighted by molar-refractivity contribution is 7.89. The lowest BCUT2D eigenvalue weighted by molar-refractivity contribution is 0.412. The van der Waals surface area contributed by atoms with E-state index in [2.05, 4.69) is 14.7 Å². The van der Waals surface area contributed by atoms with Gasteiger partial charge in [0, 0.05) is 11.6 Å². The van der Waals surface area contributed by atoms with E-state index in [1.165, 1.54) is 6.42 Å². The van der Waals surface area contributed by atoms with Crippen LogP contribution in [0, 0.1) is 0 Å². The smallest absolute Gasteiger partial charge is 0.240 e. The summed E-state index contributed by atoms with van der Waals surface area (Å²) in [5.74, 6) is 0.741. The Morgan fingerprint density at radius 3 is 2.52 bits per heavy atom. The van der Waals surface area contributed by atoms with Gasteiger partial charge in [-0.25, -0.2) is 18.1 Å². The molecule has 130 valence electrons. The van der Waals surface area contributed by atoms with Crippen molar-refractivity contribution >= 4 is 21.1 Å². The molecule has 1 aliphatic carbocycles. The first-order valence-corrected chi connectivity index (χ1v) is 10.2. The maximum Gasteiger partial charge on any atom is 0.240 e. The normalized spacial score (nSPS) is 16.3. The molecule has 0 aliphatic heterocycles. The quantitative estimate of drug-likeness (QED) is 0.747. The molecule has 0 unspecified atom stereocenters. The number of hydrogen-bond donors (Lipinski definition) is 2. The van der Waals surface area contributed by atoms with E-state index in [0.717, 1.165) is 48.1 Å². The molecule has 0 radical (unpaired) electrons. The van der Waals surface area contributed by atoms with E-state index in [1.54, 1.807) is 18.2 Å². The molecule has 3 aromatic rings. The SMILES string of the molecule is O=S(=O)(NC1CCCCC1)c1ccc2nc(-c3ccccc3)[nH]c2c1. The molecule has 2 N–H and O–H groups in total. The fourth-order valence-corrected chi connectivity index (χ4v) is 4.73. The van der Waals surface area contributed by atoms with Gasteiger partial charge in [0.05, 0.1) is 15.9 Å². The van der Waals surface area contributed by atoms with Crippen LogP contribution < -0.4 is 4.72 Å². The first-order valence-electron chi connectivity index (χ1n) is 8.69. The fraction of sp³-hybridized carbons (Fsp3) is 0.316. The first kappa shape index (κ1) is 16.3. The van der Waals surface area contributed by atoms with E-state index in [9.17, 15) is 8.42 Å². The number of H-pyrrole nitrogens is 1. The zero-order valence-electron chi connectivity index (χ0n) is 13.9. The predicted molar refractivity (Wildman–Crippen MR) is 98.7 cm³/mol.